The van der Waals surface area contributed by atoms with E-state index in [9.17, 15) is 0 Å². The minimum atomic E-state index is 0.530. The molecule has 0 bridgehead atoms. The molecule has 0 aliphatic carbocycles. The Balaban J connectivity index is 1.84. The number of nitrogens with one attached hydrogen (secondary N) is 1. The number of nitrogens with zero attached hydrogens (tertiary/aromatic N) is 5. The van der Waals surface area contributed by atoms with E-state index in [4.69, 9.17) is 9.72 Å². The number of methoxy groups -OCH3 is 1. The van der Waals surface area contributed by atoms with Crippen LogP contribution in [0.25, 0.3) is 21.3 Å². The summed E-state index contributed by atoms with van der Waals surface area (Å²) in [7, 11) is 3.53. The summed E-state index contributed by atoms with van der Waals surface area (Å²) in [6.45, 7) is 2.07. The lowest BCUT2D eigenvalue weighted by Crippen LogP contribution is -1.96. The molecule has 4 heterocycles. The Morgan fingerprint density at radius 3 is 2.88 bits per heavy atom. The van der Waals surface area contributed by atoms with Crippen molar-refractivity contribution >= 4 is 33.2 Å². The van der Waals surface area contributed by atoms with Crippen LogP contribution in [-0.4, -0.2) is 31.8 Å². The van der Waals surface area contributed by atoms with Crippen LogP contribution in [0, 0.1) is 6.92 Å². The molecule has 0 radical (unpaired) electrons. The molecular formula is C17H16N6OS. The molecule has 0 unspecified atom stereocenters. The fourth-order valence-corrected chi connectivity index (χ4v) is 3.74. The summed E-state index contributed by atoms with van der Waals surface area (Å²) in [6, 6.07) is 1.86. The topological polar surface area (TPSA) is 77.8 Å². The first kappa shape index (κ1) is 15.5. The second-order valence-corrected chi connectivity index (χ2v) is 6.80. The fourth-order valence-electron chi connectivity index (χ4n) is 2.75. The van der Waals surface area contributed by atoms with E-state index in [1.165, 1.54) is 0 Å². The second-order valence-electron chi connectivity index (χ2n) is 5.54. The molecule has 0 aliphatic rings. The lowest BCUT2D eigenvalue weighted by molar-refractivity contribution is 0.416. The molecule has 7 nitrogen and oxygen atoms in total. The monoisotopic (exact) mass is 352 g/mol. The van der Waals surface area contributed by atoms with E-state index in [2.05, 4.69) is 27.3 Å². The molecule has 0 fully saturated rings. The molecule has 1 N–H and O–H groups in total. The summed E-state index contributed by atoms with van der Waals surface area (Å²) in [5, 5.41) is 7.33. The molecule has 4 rings (SSSR count). The van der Waals surface area contributed by atoms with Crippen LogP contribution in [0.3, 0.4) is 0 Å². The van der Waals surface area contributed by atoms with Crippen molar-refractivity contribution in [3.05, 3.63) is 41.9 Å². The van der Waals surface area contributed by atoms with Crippen LogP contribution in [0.2, 0.25) is 0 Å². The van der Waals surface area contributed by atoms with Gasteiger partial charge in [-0.05, 0) is 13.0 Å². The molecule has 4 aromatic heterocycles. The van der Waals surface area contributed by atoms with Crippen molar-refractivity contribution in [3.8, 4) is 16.9 Å². The van der Waals surface area contributed by atoms with Crippen molar-refractivity contribution in [2.75, 3.05) is 12.4 Å². The van der Waals surface area contributed by atoms with Crippen LogP contribution in [0.5, 0.6) is 5.75 Å². The van der Waals surface area contributed by atoms with Crippen LogP contribution in [0.15, 0.2) is 37.1 Å². The molecule has 126 valence electrons. The van der Waals surface area contributed by atoms with Crippen molar-refractivity contribution in [3.63, 3.8) is 0 Å². The van der Waals surface area contributed by atoms with E-state index >= 15 is 0 Å². The first-order valence-electron chi connectivity index (χ1n) is 7.66. The maximum absolute atomic E-state index is 5.50. The van der Waals surface area contributed by atoms with Crippen molar-refractivity contribution in [1.29, 1.82) is 0 Å². The van der Waals surface area contributed by atoms with Gasteiger partial charge in [0, 0.05) is 41.6 Å². The van der Waals surface area contributed by atoms with Crippen molar-refractivity contribution < 1.29 is 4.74 Å². The summed E-state index contributed by atoms with van der Waals surface area (Å²) < 4.78 is 8.24. The third-order valence-electron chi connectivity index (χ3n) is 3.84. The molecule has 0 aromatic carbocycles. The molecule has 0 atom stereocenters. The number of hydrogen-bond donors (Lipinski definition) is 1. The van der Waals surface area contributed by atoms with Gasteiger partial charge in [0.15, 0.2) is 0 Å². The average Bonchev–Trinajstić information content (AvgIpc) is 3.16. The highest BCUT2D eigenvalue weighted by Crippen LogP contribution is 2.40. The highest BCUT2D eigenvalue weighted by atomic mass is 32.1. The molecule has 0 saturated heterocycles. The maximum atomic E-state index is 5.50. The van der Waals surface area contributed by atoms with Gasteiger partial charge in [0.2, 0.25) is 5.95 Å². The van der Waals surface area contributed by atoms with Crippen molar-refractivity contribution in [2.45, 2.75) is 6.92 Å². The minimum absolute atomic E-state index is 0.530. The molecule has 8 heteroatoms. The number of pyridine rings is 1. The molecular weight excluding hydrogens is 336 g/mol. The van der Waals surface area contributed by atoms with E-state index in [0.717, 1.165) is 37.7 Å². The summed E-state index contributed by atoms with van der Waals surface area (Å²) in [4.78, 5) is 14.5. The number of fused-ring (bicyclic) bond motifs is 1. The number of rotatable bonds is 4. The standard InChI is InChI=1S/C17H16N6OS/c1-10-15(12-7-18-5-4-13(12)24-3)16-14(25-10)8-19-17(22-16)21-11-6-20-23(2)9-11/h4-9H,1-3H3,(H,19,21,22). The van der Waals surface area contributed by atoms with Crippen LogP contribution in [-0.2, 0) is 7.05 Å². The van der Waals surface area contributed by atoms with Gasteiger partial charge in [-0.1, -0.05) is 0 Å². The number of aromatic nitrogens is 5. The van der Waals surface area contributed by atoms with E-state index in [0.29, 0.717) is 5.95 Å². The van der Waals surface area contributed by atoms with Crippen molar-refractivity contribution in [1.82, 2.24) is 24.7 Å². The first-order valence-corrected chi connectivity index (χ1v) is 8.47. The molecule has 0 aliphatic heterocycles. The summed E-state index contributed by atoms with van der Waals surface area (Å²) >= 11 is 1.66. The molecule has 25 heavy (non-hydrogen) atoms. The van der Waals surface area contributed by atoms with Gasteiger partial charge in [0.05, 0.1) is 35.4 Å². The third kappa shape index (κ3) is 2.80. The third-order valence-corrected chi connectivity index (χ3v) is 4.87. The van der Waals surface area contributed by atoms with Gasteiger partial charge >= 0.3 is 0 Å². The Bertz CT molecular complexity index is 1050. The van der Waals surface area contributed by atoms with Crippen LogP contribution in [0.4, 0.5) is 11.6 Å². The first-order chi connectivity index (χ1) is 12.2. The van der Waals surface area contributed by atoms with Crippen LogP contribution >= 0.6 is 11.3 Å². The Kier molecular flexibility index (Phi) is 3.81. The minimum Gasteiger partial charge on any atom is -0.496 e. The predicted octanol–water partition coefficient (Wildman–Crippen LogP) is 3.55. The van der Waals surface area contributed by atoms with Crippen LogP contribution in [0.1, 0.15) is 4.88 Å². The van der Waals surface area contributed by atoms with Gasteiger partial charge in [-0.25, -0.2) is 9.97 Å². The van der Waals surface area contributed by atoms with Gasteiger partial charge < -0.3 is 10.1 Å². The Hall–Kier alpha value is -3.00. The quantitative estimate of drug-likeness (QED) is 0.605. The Morgan fingerprint density at radius 1 is 1.24 bits per heavy atom. The zero-order valence-corrected chi connectivity index (χ0v) is 14.8. The number of anilines is 2. The summed E-state index contributed by atoms with van der Waals surface area (Å²) in [5.74, 6) is 1.31. The van der Waals surface area contributed by atoms with Gasteiger partial charge in [0.1, 0.15) is 5.75 Å². The zero-order chi connectivity index (χ0) is 17.4. The maximum Gasteiger partial charge on any atom is 0.227 e. The summed E-state index contributed by atoms with van der Waals surface area (Å²) in [5.41, 5.74) is 3.69. The largest absolute Gasteiger partial charge is 0.496 e. The molecule has 4 aromatic rings. The normalized spacial score (nSPS) is 11.0. The number of hydrogen-bond acceptors (Lipinski definition) is 7. The van der Waals surface area contributed by atoms with E-state index < -0.39 is 0 Å². The number of ether oxygens (including phenoxy) is 1. The Morgan fingerprint density at radius 2 is 2.12 bits per heavy atom. The van der Waals surface area contributed by atoms with Gasteiger partial charge in [-0.2, -0.15) is 5.10 Å². The average molecular weight is 352 g/mol. The SMILES string of the molecule is COc1ccncc1-c1c(C)sc2cnc(Nc3cnn(C)c3)nc12. The number of thiophene rings is 1. The van der Waals surface area contributed by atoms with Gasteiger partial charge in [-0.15, -0.1) is 11.3 Å². The predicted molar refractivity (Wildman–Crippen MR) is 98.4 cm³/mol. The smallest absolute Gasteiger partial charge is 0.227 e. The fraction of sp³-hybridized carbons (Fsp3) is 0.176. The van der Waals surface area contributed by atoms with Gasteiger partial charge in [0.25, 0.3) is 0 Å². The van der Waals surface area contributed by atoms with Gasteiger partial charge in [-0.3, -0.25) is 9.67 Å². The Labute approximate surface area is 148 Å². The lowest BCUT2D eigenvalue weighted by Gasteiger charge is -2.08. The second kappa shape index (κ2) is 6.14. The molecule has 0 amide bonds. The van der Waals surface area contributed by atoms with Crippen molar-refractivity contribution in [2.24, 2.45) is 7.05 Å². The highest BCUT2D eigenvalue weighted by Gasteiger charge is 2.17. The highest BCUT2D eigenvalue weighted by molar-refractivity contribution is 7.19. The molecule has 0 saturated carbocycles. The van der Waals surface area contributed by atoms with E-state index in [-0.39, 0.29) is 0 Å². The van der Waals surface area contributed by atoms with E-state index in [1.807, 2.05) is 31.7 Å². The number of aryl methyl sites for hydroxylation is 2. The van der Waals surface area contributed by atoms with Crippen LogP contribution < -0.4 is 10.1 Å². The zero-order valence-electron chi connectivity index (χ0n) is 14.0. The lowest BCUT2D eigenvalue weighted by atomic mass is 10.1. The summed E-state index contributed by atoms with van der Waals surface area (Å²) in [6.07, 6.45) is 8.97. The van der Waals surface area contributed by atoms with E-state index in [1.54, 1.807) is 35.5 Å². The molecule has 0 spiro atoms.